The monoisotopic (exact) mass is 438 g/mol. The van der Waals surface area contributed by atoms with Crippen molar-refractivity contribution in [3.05, 3.63) is 59.9 Å². The third kappa shape index (κ3) is 4.17. The Labute approximate surface area is 186 Å². The molecule has 2 aromatic rings. The van der Waals surface area contributed by atoms with Gasteiger partial charge in [0.2, 0.25) is 5.91 Å². The number of amides is 4. The van der Waals surface area contributed by atoms with Crippen LogP contribution in [0.15, 0.2) is 48.5 Å². The molecule has 0 aromatic heterocycles. The first-order valence-corrected chi connectivity index (χ1v) is 11.0. The highest BCUT2D eigenvalue weighted by atomic mass is 19.1. The van der Waals surface area contributed by atoms with E-state index >= 15 is 0 Å². The van der Waals surface area contributed by atoms with Crippen molar-refractivity contribution in [1.29, 1.82) is 0 Å². The molecule has 168 valence electrons. The Hall–Kier alpha value is -3.42. The fraction of sp³-hybridized carbons (Fsp3) is 0.375. The summed E-state index contributed by atoms with van der Waals surface area (Å²) in [5.41, 5.74) is 0.893. The maximum Gasteiger partial charge on any atom is 0.325 e. The summed E-state index contributed by atoms with van der Waals surface area (Å²) in [7, 11) is 0. The molecule has 4 amide bonds. The van der Waals surface area contributed by atoms with E-state index < -0.39 is 35.7 Å². The summed E-state index contributed by atoms with van der Waals surface area (Å²) in [6, 6.07) is 12.4. The van der Waals surface area contributed by atoms with Crippen molar-refractivity contribution in [3.63, 3.8) is 0 Å². The van der Waals surface area contributed by atoms with Crippen LogP contribution in [0.2, 0.25) is 0 Å². The molecule has 0 spiro atoms. The van der Waals surface area contributed by atoms with Gasteiger partial charge < -0.3 is 15.5 Å². The summed E-state index contributed by atoms with van der Waals surface area (Å²) in [5, 5.41) is 5.45. The van der Waals surface area contributed by atoms with E-state index in [-0.39, 0.29) is 6.42 Å². The third-order valence-corrected chi connectivity index (χ3v) is 6.22. The second-order valence-electron chi connectivity index (χ2n) is 8.23. The van der Waals surface area contributed by atoms with Crippen molar-refractivity contribution in [3.8, 4) is 0 Å². The number of imide groups is 1. The maximum atomic E-state index is 13.3. The van der Waals surface area contributed by atoms with Crippen LogP contribution in [-0.4, -0.2) is 42.4 Å². The molecule has 2 aliphatic heterocycles. The highest BCUT2D eigenvalue weighted by Gasteiger charge is 2.51. The summed E-state index contributed by atoms with van der Waals surface area (Å²) < 4.78 is 13.3. The predicted molar refractivity (Wildman–Crippen MR) is 120 cm³/mol. The first-order valence-electron chi connectivity index (χ1n) is 11.0. The summed E-state index contributed by atoms with van der Waals surface area (Å²) in [4.78, 5) is 41.5. The minimum Gasteiger partial charge on any atom is -0.372 e. The number of carbonyl (C=O) groups excluding carboxylic acids is 3. The molecule has 0 bridgehead atoms. The van der Waals surface area contributed by atoms with E-state index in [1.165, 1.54) is 43.5 Å². The number of halogens is 1. The number of nitrogens with one attached hydrogen (secondary N) is 2. The molecule has 2 saturated heterocycles. The number of nitrogens with zero attached hydrogens (tertiary/aromatic N) is 2. The maximum absolute atomic E-state index is 13.3. The fourth-order valence-electron chi connectivity index (χ4n) is 4.40. The molecule has 2 aromatic carbocycles. The zero-order valence-corrected chi connectivity index (χ0v) is 18.1. The Bertz CT molecular complexity index is 1000. The Morgan fingerprint density at radius 2 is 1.69 bits per heavy atom. The number of carbonyl (C=O) groups is 3. The van der Waals surface area contributed by atoms with Crippen LogP contribution >= 0.6 is 0 Å². The number of anilines is 2. The van der Waals surface area contributed by atoms with Crippen LogP contribution in [0.4, 0.5) is 20.6 Å². The van der Waals surface area contributed by atoms with E-state index in [2.05, 4.69) is 15.5 Å². The molecule has 2 fully saturated rings. The van der Waals surface area contributed by atoms with E-state index in [0.29, 0.717) is 11.3 Å². The Morgan fingerprint density at radius 3 is 2.31 bits per heavy atom. The van der Waals surface area contributed by atoms with Gasteiger partial charge in [-0.3, -0.25) is 14.5 Å². The van der Waals surface area contributed by atoms with Gasteiger partial charge in [-0.25, -0.2) is 9.18 Å². The molecule has 0 unspecified atom stereocenters. The van der Waals surface area contributed by atoms with E-state index in [1.807, 2.05) is 24.3 Å². The molecule has 4 rings (SSSR count). The molecule has 2 heterocycles. The third-order valence-electron chi connectivity index (χ3n) is 6.22. The number of rotatable bonds is 6. The molecule has 2 N–H and O–H groups in total. The lowest BCUT2D eigenvalue weighted by molar-refractivity contribution is -0.134. The number of benzene rings is 2. The second-order valence-corrected chi connectivity index (χ2v) is 8.23. The first kappa shape index (κ1) is 21.8. The molecule has 0 aliphatic carbocycles. The van der Waals surface area contributed by atoms with Crippen LogP contribution in [0.1, 0.15) is 38.2 Å². The summed E-state index contributed by atoms with van der Waals surface area (Å²) in [5.74, 6) is -1.42. The number of urea groups is 1. The lowest BCUT2D eigenvalue weighted by Gasteiger charge is -2.28. The van der Waals surface area contributed by atoms with Crippen molar-refractivity contribution in [2.45, 2.75) is 38.1 Å². The second kappa shape index (κ2) is 8.98. The van der Waals surface area contributed by atoms with Crippen LogP contribution in [0.5, 0.6) is 0 Å². The van der Waals surface area contributed by atoms with Gasteiger partial charge in [-0.15, -0.1) is 0 Å². The Balaban J connectivity index is 1.42. The highest BCUT2D eigenvalue weighted by Crippen LogP contribution is 2.32. The fourth-order valence-corrected chi connectivity index (χ4v) is 4.40. The molecule has 1 atom stereocenters. The van der Waals surface area contributed by atoms with Gasteiger partial charge in [0, 0.05) is 24.5 Å². The van der Waals surface area contributed by atoms with E-state index in [4.69, 9.17) is 0 Å². The van der Waals surface area contributed by atoms with Crippen LogP contribution in [0, 0.1) is 5.82 Å². The number of hydrogen-bond acceptors (Lipinski definition) is 4. The van der Waals surface area contributed by atoms with Crippen molar-refractivity contribution < 1.29 is 18.8 Å². The summed E-state index contributed by atoms with van der Waals surface area (Å²) in [6.45, 7) is 3.42. The van der Waals surface area contributed by atoms with Gasteiger partial charge in [-0.05, 0) is 67.6 Å². The van der Waals surface area contributed by atoms with Crippen LogP contribution in [0.25, 0.3) is 0 Å². The largest absolute Gasteiger partial charge is 0.372 e. The van der Waals surface area contributed by atoms with Gasteiger partial charge in [0.05, 0.1) is 0 Å². The average Bonchev–Trinajstić information content (AvgIpc) is 3.05. The lowest BCUT2D eigenvalue weighted by Crippen LogP contribution is -2.44. The van der Waals surface area contributed by atoms with Crippen LogP contribution in [-0.2, 0) is 15.1 Å². The smallest absolute Gasteiger partial charge is 0.325 e. The molecule has 8 heteroatoms. The average molecular weight is 439 g/mol. The van der Waals surface area contributed by atoms with Gasteiger partial charge in [0.25, 0.3) is 5.91 Å². The van der Waals surface area contributed by atoms with Crippen molar-refractivity contribution >= 4 is 29.2 Å². The molecule has 2 aliphatic rings. The van der Waals surface area contributed by atoms with E-state index in [0.717, 1.165) is 23.7 Å². The molecule has 7 nitrogen and oxygen atoms in total. The van der Waals surface area contributed by atoms with Crippen molar-refractivity contribution in [2.24, 2.45) is 0 Å². The van der Waals surface area contributed by atoms with Crippen LogP contribution < -0.4 is 15.5 Å². The van der Waals surface area contributed by atoms with Gasteiger partial charge in [-0.1, -0.05) is 19.1 Å². The zero-order valence-electron chi connectivity index (χ0n) is 18.1. The first-order chi connectivity index (χ1) is 15.4. The topological polar surface area (TPSA) is 81.8 Å². The predicted octanol–water partition coefficient (Wildman–Crippen LogP) is 3.61. The Morgan fingerprint density at radius 1 is 1.03 bits per heavy atom. The SMILES string of the molecule is CC[C@]1(c2ccc(F)cc2)NC(=O)N(CC(=O)Nc2ccc(N3CCCCC3)cc2)C1=O. The normalized spacial score (nSPS) is 20.9. The van der Waals surface area contributed by atoms with Gasteiger partial charge in [0.15, 0.2) is 0 Å². The van der Waals surface area contributed by atoms with E-state index in [9.17, 15) is 18.8 Å². The van der Waals surface area contributed by atoms with Gasteiger partial charge >= 0.3 is 6.03 Å². The van der Waals surface area contributed by atoms with Gasteiger partial charge in [0.1, 0.15) is 17.9 Å². The quantitative estimate of drug-likeness (QED) is 0.675. The minimum absolute atomic E-state index is 0.277. The minimum atomic E-state index is -1.30. The highest BCUT2D eigenvalue weighted by molar-refractivity contribution is 6.10. The number of piperidine rings is 1. The molecule has 32 heavy (non-hydrogen) atoms. The molecule has 0 radical (unpaired) electrons. The van der Waals surface area contributed by atoms with E-state index in [1.54, 1.807) is 6.92 Å². The van der Waals surface area contributed by atoms with Crippen LogP contribution in [0.3, 0.4) is 0 Å². The summed E-state index contributed by atoms with van der Waals surface area (Å²) >= 11 is 0. The van der Waals surface area contributed by atoms with Crippen molar-refractivity contribution in [1.82, 2.24) is 10.2 Å². The molecular weight excluding hydrogens is 411 g/mol. The number of hydrogen-bond donors (Lipinski definition) is 2. The van der Waals surface area contributed by atoms with Crippen molar-refractivity contribution in [2.75, 3.05) is 29.9 Å². The van der Waals surface area contributed by atoms with Gasteiger partial charge in [-0.2, -0.15) is 0 Å². The molecular formula is C24H27FN4O3. The summed E-state index contributed by atoms with van der Waals surface area (Å²) in [6.07, 6.45) is 3.90. The Kier molecular flexibility index (Phi) is 6.12. The molecule has 0 saturated carbocycles. The standard InChI is InChI=1S/C24H27FN4O3/c1-2-24(17-6-8-18(25)9-7-17)22(31)29(23(32)27-24)16-21(30)26-19-10-12-20(13-11-19)28-14-4-3-5-15-28/h6-13H,2-5,14-16H2,1H3,(H,26,30)(H,27,32)/t24-/m1/s1. The zero-order chi connectivity index (χ0) is 22.7. The lowest BCUT2D eigenvalue weighted by atomic mass is 9.87.